The van der Waals surface area contributed by atoms with Gasteiger partial charge in [-0.1, -0.05) is 0 Å². The van der Waals surface area contributed by atoms with Gasteiger partial charge in [-0.3, -0.25) is 4.79 Å². The van der Waals surface area contributed by atoms with Crippen molar-refractivity contribution in [1.29, 1.82) is 0 Å². The van der Waals surface area contributed by atoms with Gasteiger partial charge in [0.25, 0.3) is 5.91 Å². The van der Waals surface area contributed by atoms with Crippen molar-refractivity contribution >= 4 is 17.2 Å². The van der Waals surface area contributed by atoms with E-state index in [0.717, 1.165) is 30.7 Å². The van der Waals surface area contributed by atoms with Crippen LogP contribution in [0.4, 0.5) is 8.78 Å². The minimum atomic E-state index is -2.91. The van der Waals surface area contributed by atoms with E-state index >= 15 is 0 Å². The third-order valence-electron chi connectivity index (χ3n) is 3.43. The first-order valence-corrected chi connectivity index (χ1v) is 7.46. The fourth-order valence-corrected chi connectivity index (χ4v) is 3.20. The molecular formula is C13H18F2N2O2S. The number of hydrogen-bond donors (Lipinski definition) is 1. The summed E-state index contributed by atoms with van der Waals surface area (Å²) in [6, 6.07) is 1.41. The van der Waals surface area contributed by atoms with E-state index in [4.69, 9.17) is 0 Å². The van der Waals surface area contributed by atoms with Crippen LogP contribution in [0.25, 0.3) is 0 Å². The van der Waals surface area contributed by atoms with Crippen molar-refractivity contribution in [2.45, 2.75) is 19.5 Å². The van der Waals surface area contributed by atoms with Gasteiger partial charge in [0, 0.05) is 13.1 Å². The number of ether oxygens (including phenoxy) is 1. The molecule has 1 saturated heterocycles. The summed E-state index contributed by atoms with van der Waals surface area (Å²) in [6.45, 7) is -0.632. The van der Waals surface area contributed by atoms with Crippen LogP contribution in [-0.4, -0.2) is 44.1 Å². The zero-order valence-electron chi connectivity index (χ0n) is 11.3. The Bertz CT molecular complexity index is 445. The van der Waals surface area contributed by atoms with E-state index in [9.17, 15) is 13.6 Å². The monoisotopic (exact) mass is 304 g/mol. The SMILES string of the molecule is CNCC1CCN(C(=O)c2sccc2OC(F)F)CC1. The average Bonchev–Trinajstić information content (AvgIpc) is 2.86. The molecule has 7 heteroatoms. The Labute approximate surface area is 120 Å². The molecule has 1 aromatic rings. The molecule has 0 aromatic carbocycles. The maximum atomic E-state index is 12.3. The molecule has 1 amide bonds. The van der Waals surface area contributed by atoms with Crippen LogP contribution >= 0.6 is 11.3 Å². The van der Waals surface area contributed by atoms with Crippen LogP contribution in [-0.2, 0) is 0 Å². The van der Waals surface area contributed by atoms with Crippen molar-refractivity contribution in [1.82, 2.24) is 10.2 Å². The molecule has 2 rings (SSSR count). The number of carbonyl (C=O) groups excluding carboxylic acids is 1. The first-order valence-electron chi connectivity index (χ1n) is 6.58. The summed E-state index contributed by atoms with van der Waals surface area (Å²) in [7, 11) is 1.91. The van der Waals surface area contributed by atoms with E-state index < -0.39 is 6.61 Å². The van der Waals surface area contributed by atoms with Gasteiger partial charge in [-0.05, 0) is 43.8 Å². The number of alkyl halides is 2. The number of nitrogens with zero attached hydrogens (tertiary/aromatic N) is 1. The maximum Gasteiger partial charge on any atom is 0.387 e. The van der Waals surface area contributed by atoms with E-state index in [-0.39, 0.29) is 16.5 Å². The highest BCUT2D eigenvalue weighted by Crippen LogP contribution is 2.29. The zero-order chi connectivity index (χ0) is 14.5. The Balaban J connectivity index is 1.97. The smallest absolute Gasteiger partial charge is 0.387 e. The molecule has 0 aliphatic carbocycles. The van der Waals surface area contributed by atoms with E-state index in [0.29, 0.717) is 19.0 Å². The largest absolute Gasteiger partial charge is 0.433 e. The summed E-state index contributed by atoms with van der Waals surface area (Å²) in [5.74, 6) is 0.343. The fourth-order valence-electron chi connectivity index (χ4n) is 2.41. The minimum absolute atomic E-state index is 0.0210. The number of carbonyl (C=O) groups is 1. The zero-order valence-corrected chi connectivity index (χ0v) is 12.1. The Morgan fingerprint density at radius 3 is 2.85 bits per heavy atom. The van der Waals surface area contributed by atoms with Gasteiger partial charge in [0.15, 0.2) is 0 Å². The molecule has 1 aliphatic heterocycles. The van der Waals surface area contributed by atoms with Crippen LogP contribution in [0.2, 0.25) is 0 Å². The van der Waals surface area contributed by atoms with Gasteiger partial charge < -0.3 is 15.0 Å². The van der Waals surface area contributed by atoms with Gasteiger partial charge in [-0.2, -0.15) is 8.78 Å². The fraction of sp³-hybridized carbons (Fsp3) is 0.615. The van der Waals surface area contributed by atoms with Gasteiger partial charge in [0.2, 0.25) is 0 Å². The molecule has 1 aliphatic rings. The molecule has 0 bridgehead atoms. The number of hydrogen-bond acceptors (Lipinski definition) is 4. The highest BCUT2D eigenvalue weighted by Gasteiger charge is 2.26. The molecular weight excluding hydrogens is 286 g/mol. The first-order chi connectivity index (χ1) is 9.61. The molecule has 0 unspecified atom stereocenters. The molecule has 20 heavy (non-hydrogen) atoms. The lowest BCUT2D eigenvalue weighted by Crippen LogP contribution is -2.40. The second-order valence-corrected chi connectivity index (χ2v) is 5.70. The molecule has 1 aromatic heterocycles. The molecule has 0 spiro atoms. The normalized spacial score (nSPS) is 16.7. The second kappa shape index (κ2) is 6.99. The predicted molar refractivity (Wildman–Crippen MR) is 73.5 cm³/mol. The van der Waals surface area contributed by atoms with Crippen LogP contribution < -0.4 is 10.1 Å². The van der Waals surface area contributed by atoms with Crippen LogP contribution in [0.5, 0.6) is 5.75 Å². The van der Waals surface area contributed by atoms with E-state index in [1.165, 1.54) is 6.07 Å². The summed E-state index contributed by atoms with van der Waals surface area (Å²) in [5, 5.41) is 4.73. The molecule has 112 valence electrons. The molecule has 2 heterocycles. The van der Waals surface area contributed by atoms with Crippen LogP contribution in [0.1, 0.15) is 22.5 Å². The van der Waals surface area contributed by atoms with E-state index in [1.54, 1.807) is 10.3 Å². The lowest BCUT2D eigenvalue weighted by Gasteiger charge is -2.31. The maximum absolute atomic E-state index is 12.3. The van der Waals surface area contributed by atoms with Crippen molar-refractivity contribution in [3.63, 3.8) is 0 Å². The van der Waals surface area contributed by atoms with E-state index in [2.05, 4.69) is 10.1 Å². The first kappa shape index (κ1) is 15.2. The number of thiophene rings is 1. The molecule has 0 saturated carbocycles. The number of nitrogens with one attached hydrogen (secondary N) is 1. The van der Waals surface area contributed by atoms with Crippen LogP contribution in [0, 0.1) is 5.92 Å². The molecule has 4 nitrogen and oxygen atoms in total. The standard InChI is InChI=1S/C13H18F2N2O2S/c1-16-8-9-2-5-17(6-3-9)12(18)11-10(4-7-20-11)19-13(14)15/h4,7,9,13,16H,2-3,5-6,8H2,1H3. The van der Waals surface area contributed by atoms with Crippen molar-refractivity contribution < 1.29 is 18.3 Å². The average molecular weight is 304 g/mol. The third-order valence-corrected chi connectivity index (χ3v) is 4.32. The van der Waals surface area contributed by atoms with Crippen LogP contribution in [0.15, 0.2) is 11.4 Å². The molecule has 1 fully saturated rings. The van der Waals surface area contributed by atoms with Gasteiger partial charge in [0.1, 0.15) is 10.6 Å². The van der Waals surface area contributed by atoms with Crippen molar-refractivity contribution in [2.24, 2.45) is 5.92 Å². The van der Waals surface area contributed by atoms with Gasteiger partial charge in [-0.25, -0.2) is 0 Å². The predicted octanol–water partition coefficient (Wildman–Crippen LogP) is 2.42. The second-order valence-electron chi connectivity index (χ2n) is 4.79. The van der Waals surface area contributed by atoms with Crippen LogP contribution in [0.3, 0.4) is 0 Å². The van der Waals surface area contributed by atoms with Crippen molar-refractivity contribution in [3.05, 3.63) is 16.3 Å². The van der Waals surface area contributed by atoms with Gasteiger partial charge in [0.05, 0.1) is 0 Å². The Morgan fingerprint density at radius 1 is 1.55 bits per heavy atom. The van der Waals surface area contributed by atoms with Crippen molar-refractivity contribution in [2.75, 3.05) is 26.7 Å². The minimum Gasteiger partial charge on any atom is -0.433 e. The Hall–Kier alpha value is -1.21. The lowest BCUT2D eigenvalue weighted by atomic mass is 9.97. The summed E-state index contributed by atoms with van der Waals surface area (Å²) in [4.78, 5) is 14.3. The summed E-state index contributed by atoms with van der Waals surface area (Å²) in [6.07, 6.45) is 1.87. The highest BCUT2D eigenvalue weighted by atomic mass is 32.1. The number of amides is 1. The summed E-state index contributed by atoms with van der Waals surface area (Å²) in [5.41, 5.74) is 0. The number of halogens is 2. The topological polar surface area (TPSA) is 41.6 Å². The molecule has 1 N–H and O–H groups in total. The Kier molecular flexibility index (Phi) is 5.31. The summed E-state index contributed by atoms with van der Waals surface area (Å²) < 4.78 is 28.9. The quantitative estimate of drug-likeness (QED) is 0.908. The lowest BCUT2D eigenvalue weighted by molar-refractivity contribution is -0.0499. The van der Waals surface area contributed by atoms with E-state index in [1.807, 2.05) is 7.05 Å². The number of rotatable bonds is 5. The number of likely N-dealkylation sites (tertiary alicyclic amines) is 1. The molecule has 0 atom stereocenters. The van der Waals surface area contributed by atoms with Crippen molar-refractivity contribution in [3.8, 4) is 5.75 Å². The summed E-state index contributed by atoms with van der Waals surface area (Å²) >= 11 is 1.14. The molecule has 0 radical (unpaired) electrons. The Morgan fingerprint density at radius 2 is 2.25 bits per heavy atom. The van der Waals surface area contributed by atoms with Gasteiger partial charge >= 0.3 is 6.61 Å². The third kappa shape index (κ3) is 3.67. The highest BCUT2D eigenvalue weighted by molar-refractivity contribution is 7.12. The van der Waals surface area contributed by atoms with Gasteiger partial charge in [-0.15, -0.1) is 11.3 Å². The number of piperidine rings is 1.